The van der Waals surface area contributed by atoms with E-state index >= 15 is 0 Å². The van der Waals surface area contributed by atoms with Crippen LogP contribution >= 0.6 is 11.3 Å². The van der Waals surface area contributed by atoms with Gasteiger partial charge in [0.05, 0.1) is 12.5 Å². The van der Waals surface area contributed by atoms with Crippen LogP contribution in [-0.2, 0) is 16.0 Å². The number of amides is 2. The summed E-state index contributed by atoms with van der Waals surface area (Å²) in [7, 11) is 0. The highest BCUT2D eigenvalue weighted by molar-refractivity contribution is 7.10. The summed E-state index contributed by atoms with van der Waals surface area (Å²) >= 11 is 1.58. The van der Waals surface area contributed by atoms with Crippen molar-refractivity contribution in [3.8, 4) is 0 Å². The van der Waals surface area contributed by atoms with E-state index in [0.717, 1.165) is 37.1 Å². The van der Waals surface area contributed by atoms with Crippen LogP contribution < -0.4 is 0 Å². The lowest BCUT2D eigenvalue weighted by atomic mass is 10.1. The van der Waals surface area contributed by atoms with Crippen molar-refractivity contribution < 1.29 is 14.7 Å². The quantitative estimate of drug-likeness (QED) is 0.884. The van der Waals surface area contributed by atoms with E-state index in [0.29, 0.717) is 19.4 Å². The highest BCUT2D eigenvalue weighted by Gasteiger charge is 2.40. The Morgan fingerprint density at radius 3 is 2.75 bits per heavy atom. The maximum absolute atomic E-state index is 13.0. The zero-order valence-electron chi connectivity index (χ0n) is 14.2. The molecule has 3 rings (SSSR count). The Bertz CT molecular complexity index is 573. The van der Waals surface area contributed by atoms with Crippen molar-refractivity contribution in [3.63, 3.8) is 0 Å². The van der Waals surface area contributed by atoms with Crippen LogP contribution in [0.5, 0.6) is 0 Å². The molecule has 0 saturated carbocycles. The molecule has 0 radical (unpaired) electrons. The normalized spacial score (nSPS) is 25.2. The van der Waals surface area contributed by atoms with Crippen LogP contribution in [0, 0.1) is 0 Å². The highest BCUT2D eigenvalue weighted by atomic mass is 32.1. The molecule has 0 aromatic carbocycles. The number of aliphatic hydroxyl groups is 1. The molecule has 2 fully saturated rings. The van der Waals surface area contributed by atoms with Gasteiger partial charge in [0, 0.05) is 24.0 Å². The van der Waals surface area contributed by atoms with E-state index in [-0.39, 0.29) is 23.9 Å². The third-order valence-electron chi connectivity index (χ3n) is 5.04. The number of carbonyl (C=O) groups is 2. The summed E-state index contributed by atoms with van der Waals surface area (Å²) in [6, 6.07) is 3.72. The van der Waals surface area contributed by atoms with E-state index in [1.165, 1.54) is 0 Å². The number of aliphatic hydroxyl groups excluding tert-OH is 1. The van der Waals surface area contributed by atoms with E-state index in [9.17, 15) is 14.7 Å². The van der Waals surface area contributed by atoms with Gasteiger partial charge in [-0.1, -0.05) is 6.07 Å². The van der Waals surface area contributed by atoms with Gasteiger partial charge in [-0.3, -0.25) is 9.59 Å². The lowest BCUT2D eigenvalue weighted by Gasteiger charge is -2.32. The molecule has 1 aromatic rings. The molecule has 0 spiro atoms. The molecule has 6 heteroatoms. The molecule has 0 bridgehead atoms. The van der Waals surface area contributed by atoms with E-state index < -0.39 is 6.10 Å². The van der Waals surface area contributed by atoms with Crippen LogP contribution in [0.2, 0.25) is 0 Å². The van der Waals surface area contributed by atoms with Crippen LogP contribution in [0.3, 0.4) is 0 Å². The fourth-order valence-electron chi connectivity index (χ4n) is 3.94. The Hall–Kier alpha value is -1.40. The molecule has 132 valence electrons. The summed E-state index contributed by atoms with van der Waals surface area (Å²) in [5, 5.41) is 11.6. The molecular formula is C18H26N2O3S. The Kier molecular flexibility index (Phi) is 5.56. The standard InChI is InChI=1S/C18H26N2O3S/c1-13(21)11-14-5-2-8-19(14)18(23)16-7-3-9-20(16)17(22)12-15-6-4-10-24-15/h4,6,10,13-14,16,21H,2-3,5,7-9,11-12H2,1H3. The number of rotatable bonds is 5. The number of hydrogen-bond acceptors (Lipinski definition) is 4. The van der Waals surface area contributed by atoms with Crippen molar-refractivity contribution in [2.75, 3.05) is 13.1 Å². The van der Waals surface area contributed by atoms with E-state index in [2.05, 4.69) is 0 Å². The second-order valence-corrected chi connectivity index (χ2v) is 7.95. The minimum Gasteiger partial charge on any atom is -0.393 e. The predicted molar refractivity (Wildman–Crippen MR) is 93.8 cm³/mol. The second kappa shape index (κ2) is 7.66. The van der Waals surface area contributed by atoms with E-state index in [1.807, 2.05) is 22.4 Å². The van der Waals surface area contributed by atoms with Crippen molar-refractivity contribution in [1.29, 1.82) is 0 Å². The highest BCUT2D eigenvalue weighted by Crippen LogP contribution is 2.27. The van der Waals surface area contributed by atoms with Crippen LogP contribution in [0.15, 0.2) is 17.5 Å². The average Bonchev–Trinajstić information content (AvgIpc) is 3.27. The van der Waals surface area contributed by atoms with Gasteiger partial charge in [0.15, 0.2) is 0 Å². The first-order chi connectivity index (χ1) is 11.6. The Morgan fingerprint density at radius 2 is 2.04 bits per heavy atom. The maximum atomic E-state index is 13.0. The zero-order chi connectivity index (χ0) is 17.1. The molecule has 2 aliphatic rings. The Balaban J connectivity index is 1.65. The number of hydrogen-bond donors (Lipinski definition) is 1. The molecular weight excluding hydrogens is 324 g/mol. The molecule has 24 heavy (non-hydrogen) atoms. The summed E-state index contributed by atoms with van der Waals surface area (Å²) in [6.45, 7) is 3.20. The van der Waals surface area contributed by atoms with Crippen LogP contribution in [0.25, 0.3) is 0 Å². The number of nitrogens with zero attached hydrogens (tertiary/aromatic N) is 2. The fraction of sp³-hybridized carbons (Fsp3) is 0.667. The third kappa shape index (κ3) is 3.81. The second-order valence-electron chi connectivity index (χ2n) is 6.91. The summed E-state index contributed by atoms with van der Waals surface area (Å²) in [5.41, 5.74) is 0. The van der Waals surface area contributed by atoms with Gasteiger partial charge in [-0.2, -0.15) is 0 Å². The molecule has 2 saturated heterocycles. The first kappa shape index (κ1) is 17.4. The lowest BCUT2D eigenvalue weighted by molar-refractivity contribution is -0.144. The number of thiophene rings is 1. The topological polar surface area (TPSA) is 60.9 Å². The Labute approximate surface area is 147 Å². The zero-order valence-corrected chi connectivity index (χ0v) is 15.0. The third-order valence-corrected chi connectivity index (χ3v) is 5.91. The molecule has 3 unspecified atom stereocenters. The van der Waals surface area contributed by atoms with E-state index in [1.54, 1.807) is 23.2 Å². The molecule has 5 nitrogen and oxygen atoms in total. The fourth-order valence-corrected chi connectivity index (χ4v) is 4.64. The largest absolute Gasteiger partial charge is 0.393 e. The summed E-state index contributed by atoms with van der Waals surface area (Å²) < 4.78 is 0. The van der Waals surface area contributed by atoms with Gasteiger partial charge in [0.1, 0.15) is 6.04 Å². The predicted octanol–water partition coefficient (Wildman–Crippen LogP) is 2.04. The molecule has 3 atom stereocenters. The van der Waals surface area contributed by atoms with Gasteiger partial charge in [0.2, 0.25) is 11.8 Å². The van der Waals surface area contributed by atoms with Crippen molar-refractivity contribution in [2.24, 2.45) is 0 Å². The van der Waals surface area contributed by atoms with Crippen LogP contribution in [0.4, 0.5) is 0 Å². The van der Waals surface area contributed by atoms with Gasteiger partial charge < -0.3 is 14.9 Å². The monoisotopic (exact) mass is 350 g/mol. The van der Waals surface area contributed by atoms with E-state index in [4.69, 9.17) is 0 Å². The van der Waals surface area contributed by atoms with Crippen molar-refractivity contribution in [3.05, 3.63) is 22.4 Å². The maximum Gasteiger partial charge on any atom is 0.245 e. The van der Waals surface area contributed by atoms with Gasteiger partial charge in [0.25, 0.3) is 0 Å². The minimum atomic E-state index is -0.399. The first-order valence-corrected chi connectivity index (χ1v) is 9.74. The molecule has 2 aliphatic heterocycles. The lowest BCUT2D eigenvalue weighted by Crippen LogP contribution is -2.50. The van der Waals surface area contributed by atoms with Gasteiger partial charge >= 0.3 is 0 Å². The van der Waals surface area contributed by atoms with Crippen molar-refractivity contribution >= 4 is 23.2 Å². The summed E-state index contributed by atoms with van der Waals surface area (Å²) in [4.78, 5) is 30.4. The van der Waals surface area contributed by atoms with Crippen LogP contribution in [-0.4, -0.2) is 58.0 Å². The SMILES string of the molecule is CC(O)CC1CCCN1C(=O)C1CCCN1C(=O)Cc1cccs1. The molecule has 1 N–H and O–H groups in total. The number of likely N-dealkylation sites (tertiary alicyclic amines) is 2. The first-order valence-electron chi connectivity index (χ1n) is 8.86. The molecule has 3 heterocycles. The van der Waals surface area contributed by atoms with Gasteiger partial charge in [-0.25, -0.2) is 0 Å². The molecule has 2 amide bonds. The molecule has 0 aliphatic carbocycles. The van der Waals surface area contributed by atoms with Crippen LogP contribution in [0.1, 0.15) is 43.9 Å². The number of carbonyl (C=O) groups excluding carboxylic acids is 2. The van der Waals surface area contributed by atoms with Gasteiger partial charge in [-0.05, 0) is 50.5 Å². The molecule has 1 aromatic heterocycles. The smallest absolute Gasteiger partial charge is 0.245 e. The van der Waals surface area contributed by atoms with Gasteiger partial charge in [-0.15, -0.1) is 11.3 Å². The summed E-state index contributed by atoms with van der Waals surface area (Å²) in [5.74, 6) is 0.134. The van der Waals surface area contributed by atoms with Crippen molar-refractivity contribution in [1.82, 2.24) is 9.80 Å². The average molecular weight is 350 g/mol. The Morgan fingerprint density at radius 1 is 1.29 bits per heavy atom. The van der Waals surface area contributed by atoms with Crippen molar-refractivity contribution in [2.45, 2.75) is 63.6 Å². The summed E-state index contributed by atoms with van der Waals surface area (Å²) in [6.07, 6.45) is 4.20. The minimum absolute atomic E-state index is 0.0552.